The van der Waals surface area contributed by atoms with Crippen molar-refractivity contribution in [2.45, 2.75) is 84.7 Å². The molecular formula is C37H50ClNO4SSi. The zero-order valence-electron chi connectivity index (χ0n) is 27.8. The van der Waals surface area contributed by atoms with Gasteiger partial charge in [0.25, 0.3) is 8.32 Å². The molecule has 5 nitrogen and oxygen atoms in total. The van der Waals surface area contributed by atoms with Crippen molar-refractivity contribution in [2.24, 2.45) is 5.92 Å². The number of halogens is 1. The molecular weight excluding hydrogens is 618 g/mol. The molecule has 3 aromatic rings. The highest BCUT2D eigenvalue weighted by atomic mass is 35.5. The second kappa shape index (κ2) is 17.2. The molecule has 0 N–H and O–H groups in total. The van der Waals surface area contributed by atoms with Crippen LogP contribution in [0.1, 0.15) is 71.0 Å². The summed E-state index contributed by atoms with van der Waals surface area (Å²) in [6.45, 7) is 15.5. The van der Waals surface area contributed by atoms with Gasteiger partial charge >= 0.3 is 0 Å². The Bertz CT molecular complexity index is 1330. The maximum atomic E-state index is 7.57. The number of rotatable bonds is 15. The van der Waals surface area contributed by atoms with Crippen molar-refractivity contribution in [3.05, 3.63) is 93.4 Å². The molecule has 8 heteroatoms. The average molecular weight is 668 g/mol. The van der Waals surface area contributed by atoms with Crippen LogP contribution in [0, 0.1) is 12.8 Å². The fourth-order valence-corrected chi connectivity index (χ4v) is 11.3. The van der Waals surface area contributed by atoms with Crippen molar-refractivity contribution in [3.8, 4) is 0 Å². The lowest BCUT2D eigenvalue weighted by Crippen LogP contribution is -2.67. The van der Waals surface area contributed by atoms with Crippen LogP contribution < -0.4 is 10.4 Å². The third kappa shape index (κ3) is 10.2. The summed E-state index contributed by atoms with van der Waals surface area (Å²) in [5, 5.41) is 6.17. The molecule has 1 aromatic heterocycles. The van der Waals surface area contributed by atoms with Gasteiger partial charge in [0.2, 0.25) is 0 Å². The fourth-order valence-electron chi connectivity index (χ4n) is 5.82. The van der Waals surface area contributed by atoms with Gasteiger partial charge in [-0.3, -0.25) is 0 Å². The van der Waals surface area contributed by atoms with Gasteiger partial charge in [0, 0.05) is 22.9 Å². The molecule has 1 saturated heterocycles. The standard InChI is InChI=1S/C37H50ClNO4SSi/c1-28(25-42-36-19-13-14-22-41-36)24-40-26-31(38)20-21-35(29(2)23-32-27-44-30(3)39-32)43-45(37(4,5)6,33-15-9-7-10-16-33)34-17-11-8-12-18-34/h7-12,15-18,20,23,27-28,35-36H,13-14,19,21-22,24-26H2,1-6H3/b29-23+,31-20-/t28-,35-,36?/m0/s1. The summed E-state index contributed by atoms with van der Waals surface area (Å²) in [5.74, 6) is 0.248. The summed E-state index contributed by atoms with van der Waals surface area (Å²) in [4.78, 5) is 4.71. The summed E-state index contributed by atoms with van der Waals surface area (Å²) in [6.07, 6.45) is 7.79. The van der Waals surface area contributed by atoms with Gasteiger partial charge in [0.05, 0.1) is 36.6 Å². The van der Waals surface area contributed by atoms with Crippen LogP contribution in [0.2, 0.25) is 5.04 Å². The monoisotopic (exact) mass is 667 g/mol. The van der Waals surface area contributed by atoms with Gasteiger partial charge in [0.15, 0.2) is 6.29 Å². The van der Waals surface area contributed by atoms with Gasteiger partial charge in [-0.15, -0.1) is 11.3 Å². The minimum atomic E-state index is -2.81. The highest BCUT2D eigenvalue weighted by Gasteiger charge is 2.51. The summed E-state index contributed by atoms with van der Waals surface area (Å²) in [7, 11) is -2.81. The smallest absolute Gasteiger partial charge is 0.261 e. The Balaban J connectivity index is 1.55. The van der Waals surface area contributed by atoms with Crippen LogP contribution in [0.3, 0.4) is 0 Å². The number of hydrogen-bond acceptors (Lipinski definition) is 6. The Kier molecular flexibility index (Phi) is 13.6. The van der Waals surface area contributed by atoms with Gasteiger partial charge in [-0.1, -0.05) is 106 Å². The molecule has 2 aromatic carbocycles. The molecule has 3 atom stereocenters. The predicted molar refractivity (Wildman–Crippen MR) is 191 cm³/mol. The Morgan fingerprint density at radius 2 is 1.73 bits per heavy atom. The largest absolute Gasteiger partial charge is 0.400 e. The molecule has 0 aliphatic carbocycles. The Morgan fingerprint density at radius 3 is 2.29 bits per heavy atom. The van der Waals surface area contributed by atoms with Crippen molar-refractivity contribution >= 4 is 47.7 Å². The van der Waals surface area contributed by atoms with E-state index in [1.165, 1.54) is 10.4 Å². The summed E-state index contributed by atoms with van der Waals surface area (Å²) >= 11 is 8.44. The normalized spacial score (nSPS) is 18.2. The molecule has 244 valence electrons. The van der Waals surface area contributed by atoms with Crippen molar-refractivity contribution in [3.63, 3.8) is 0 Å². The Labute approximate surface area is 280 Å². The molecule has 0 amide bonds. The first-order chi connectivity index (χ1) is 21.6. The molecule has 1 aliphatic heterocycles. The SMILES string of the molecule is C/C(=C\c1csc(C)n1)[C@H](C/C=C(\Cl)COC[C@H](C)COC1CCCCO1)O[Si](c1ccccc1)(c1ccccc1)C(C)(C)C. The van der Waals surface area contributed by atoms with Gasteiger partial charge in [-0.05, 0) is 66.6 Å². The van der Waals surface area contributed by atoms with E-state index in [2.05, 4.69) is 113 Å². The summed E-state index contributed by atoms with van der Waals surface area (Å²) in [6, 6.07) is 21.5. The number of hydrogen-bond donors (Lipinski definition) is 0. The minimum Gasteiger partial charge on any atom is -0.400 e. The number of nitrogens with zero attached hydrogens (tertiary/aromatic N) is 1. The highest BCUT2D eigenvalue weighted by molar-refractivity contribution is 7.09. The van der Waals surface area contributed by atoms with E-state index in [1.807, 2.05) is 6.92 Å². The van der Waals surface area contributed by atoms with Crippen LogP contribution in [0.5, 0.6) is 0 Å². The Hall–Kier alpha value is -2.10. The third-order valence-corrected chi connectivity index (χ3v) is 14.3. The maximum Gasteiger partial charge on any atom is 0.261 e. The second-order valence-electron chi connectivity index (χ2n) is 13.1. The topological polar surface area (TPSA) is 49.8 Å². The first kappa shape index (κ1) is 35.7. The zero-order chi connectivity index (χ0) is 32.3. The molecule has 1 aliphatic rings. The van der Waals surface area contributed by atoms with Crippen LogP contribution in [0.4, 0.5) is 0 Å². The summed E-state index contributed by atoms with van der Waals surface area (Å²) in [5.41, 5.74) is 2.07. The molecule has 2 heterocycles. The van der Waals surface area contributed by atoms with Crippen molar-refractivity contribution in [1.29, 1.82) is 0 Å². The van der Waals surface area contributed by atoms with Crippen LogP contribution in [0.15, 0.2) is 82.7 Å². The van der Waals surface area contributed by atoms with Crippen LogP contribution >= 0.6 is 22.9 Å². The van der Waals surface area contributed by atoms with Crippen LogP contribution in [-0.4, -0.2) is 52.1 Å². The molecule has 0 radical (unpaired) electrons. The van der Waals surface area contributed by atoms with E-state index >= 15 is 0 Å². The lowest BCUT2D eigenvalue weighted by molar-refractivity contribution is -0.170. The molecule has 0 bridgehead atoms. The number of aryl methyl sites for hydroxylation is 1. The van der Waals surface area contributed by atoms with Gasteiger partial charge in [0.1, 0.15) is 0 Å². The lowest BCUT2D eigenvalue weighted by atomic mass is 10.1. The third-order valence-electron chi connectivity index (χ3n) is 8.16. The van der Waals surface area contributed by atoms with E-state index in [0.717, 1.165) is 42.1 Å². The Morgan fingerprint density at radius 1 is 1.07 bits per heavy atom. The first-order valence-corrected chi connectivity index (χ1v) is 19.3. The number of thiazole rings is 1. The first-order valence-electron chi connectivity index (χ1n) is 16.1. The van der Waals surface area contributed by atoms with Crippen LogP contribution in [0.25, 0.3) is 6.08 Å². The van der Waals surface area contributed by atoms with E-state index in [0.29, 0.717) is 31.3 Å². The van der Waals surface area contributed by atoms with E-state index in [-0.39, 0.29) is 23.4 Å². The van der Waals surface area contributed by atoms with E-state index in [4.69, 9.17) is 35.2 Å². The quantitative estimate of drug-likeness (QED) is 0.152. The molecule has 1 fully saturated rings. The number of ether oxygens (including phenoxy) is 3. The van der Waals surface area contributed by atoms with Crippen LogP contribution in [-0.2, 0) is 18.6 Å². The second-order valence-corrected chi connectivity index (χ2v) is 18.9. The zero-order valence-corrected chi connectivity index (χ0v) is 30.3. The maximum absolute atomic E-state index is 7.57. The van der Waals surface area contributed by atoms with E-state index < -0.39 is 8.32 Å². The number of aromatic nitrogens is 1. The van der Waals surface area contributed by atoms with Gasteiger partial charge in [-0.2, -0.15) is 0 Å². The summed E-state index contributed by atoms with van der Waals surface area (Å²) < 4.78 is 25.2. The van der Waals surface area contributed by atoms with Gasteiger partial charge in [-0.25, -0.2) is 4.98 Å². The van der Waals surface area contributed by atoms with E-state index in [1.54, 1.807) is 11.3 Å². The fraction of sp³-hybridized carbons (Fsp3) is 0.486. The highest BCUT2D eigenvalue weighted by Crippen LogP contribution is 2.39. The van der Waals surface area contributed by atoms with E-state index in [9.17, 15) is 0 Å². The van der Waals surface area contributed by atoms with Crippen molar-refractivity contribution in [1.82, 2.24) is 4.98 Å². The minimum absolute atomic E-state index is 0.0818. The lowest BCUT2D eigenvalue weighted by Gasteiger charge is -2.45. The molecule has 1 unspecified atom stereocenters. The molecule has 0 saturated carbocycles. The predicted octanol–water partition coefficient (Wildman–Crippen LogP) is 8.51. The average Bonchev–Trinajstić information content (AvgIpc) is 3.45. The van der Waals surface area contributed by atoms with Crippen molar-refractivity contribution in [2.75, 3.05) is 26.4 Å². The molecule has 45 heavy (non-hydrogen) atoms. The molecule has 0 spiro atoms. The van der Waals surface area contributed by atoms with Crippen molar-refractivity contribution < 1.29 is 18.6 Å². The number of benzene rings is 2. The molecule has 4 rings (SSSR count). The van der Waals surface area contributed by atoms with Gasteiger partial charge < -0.3 is 18.6 Å².